The van der Waals surface area contributed by atoms with Crippen molar-refractivity contribution in [3.8, 4) is 0 Å². The smallest absolute Gasteiger partial charge is 0.257 e. The highest BCUT2D eigenvalue weighted by Gasteiger charge is 2.48. The first kappa shape index (κ1) is 18.1. The van der Waals surface area contributed by atoms with Crippen LogP contribution in [0.4, 0.5) is 0 Å². The molecular formula is C20H26N2O2S. The number of nitrogens with one attached hydrogen (secondary N) is 2. The maximum atomic E-state index is 11.5. The van der Waals surface area contributed by atoms with Crippen LogP contribution in [-0.4, -0.2) is 29.2 Å². The van der Waals surface area contributed by atoms with Gasteiger partial charge in [0.25, 0.3) is 5.91 Å². The van der Waals surface area contributed by atoms with Crippen LogP contribution in [-0.2, 0) is 9.53 Å². The van der Waals surface area contributed by atoms with E-state index >= 15 is 0 Å². The number of rotatable bonds is 6. The van der Waals surface area contributed by atoms with E-state index in [2.05, 4.69) is 43.6 Å². The Labute approximate surface area is 154 Å². The van der Waals surface area contributed by atoms with Crippen LogP contribution < -0.4 is 5.32 Å². The van der Waals surface area contributed by atoms with Crippen LogP contribution in [0, 0.1) is 11.3 Å². The van der Waals surface area contributed by atoms with Gasteiger partial charge in [0.05, 0.1) is 10.8 Å². The minimum Gasteiger partial charge on any atom is -0.470 e. The number of hydrogen-bond acceptors (Lipinski definition) is 4. The molecule has 134 valence electrons. The van der Waals surface area contributed by atoms with Gasteiger partial charge in [0.2, 0.25) is 0 Å². The van der Waals surface area contributed by atoms with Gasteiger partial charge in [0, 0.05) is 11.8 Å². The second-order valence-corrected chi connectivity index (χ2v) is 8.24. The minimum atomic E-state index is -0.371. The summed E-state index contributed by atoms with van der Waals surface area (Å²) in [6.45, 7) is 10.8. The predicted molar refractivity (Wildman–Crippen MR) is 104 cm³/mol. The lowest BCUT2D eigenvalue weighted by Crippen LogP contribution is -2.37. The van der Waals surface area contributed by atoms with Crippen LogP contribution in [0.25, 0.3) is 0 Å². The Morgan fingerprint density at radius 1 is 1.52 bits per heavy atom. The van der Waals surface area contributed by atoms with Crippen molar-refractivity contribution in [2.24, 2.45) is 5.92 Å². The Morgan fingerprint density at radius 3 is 3.04 bits per heavy atom. The molecule has 3 atom stereocenters. The molecule has 1 amide bonds. The maximum Gasteiger partial charge on any atom is 0.257 e. The zero-order valence-electron chi connectivity index (χ0n) is 14.8. The molecule has 2 aliphatic heterocycles. The van der Waals surface area contributed by atoms with E-state index < -0.39 is 0 Å². The van der Waals surface area contributed by atoms with E-state index in [9.17, 15) is 4.79 Å². The highest BCUT2D eigenvalue weighted by molar-refractivity contribution is 8.04. The van der Waals surface area contributed by atoms with Crippen LogP contribution in [0.5, 0.6) is 0 Å². The van der Waals surface area contributed by atoms with E-state index in [1.807, 2.05) is 0 Å². The second-order valence-electron chi connectivity index (χ2n) is 6.95. The zero-order chi connectivity index (χ0) is 18.0. The summed E-state index contributed by atoms with van der Waals surface area (Å²) in [5, 5.41) is 11.3. The van der Waals surface area contributed by atoms with Crippen molar-refractivity contribution in [3.05, 3.63) is 47.4 Å². The van der Waals surface area contributed by atoms with Crippen molar-refractivity contribution >= 4 is 23.6 Å². The monoisotopic (exact) mass is 358 g/mol. The van der Waals surface area contributed by atoms with Crippen LogP contribution in [0.3, 0.4) is 0 Å². The SMILES string of the molecule is C=C1SC(C(=C)CCC2(CCC)OC(=N)C3CC=CC=C32)CNC1=O. The maximum absolute atomic E-state index is 11.5. The number of allylic oxidation sites excluding steroid dienone is 3. The van der Waals surface area contributed by atoms with E-state index in [-0.39, 0.29) is 22.7 Å². The molecule has 0 radical (unpaired) electrons. The summed E-state index contributed by atoms with van der Waals surface area (Å²) in [5.74, 6) is 0.432. The normalized spacial score (nSPS) is 31.2. The van der Waals surface area contributed by atoms with Gasteiger partial charge in [-0.3, -0.25) is 10.2 Å². The van der Waals surface area contributed by atoms with Crippen LogP contribution in [0.1, 0.15) is 39.0 Å². The van der Waals surface area contributed by atoms with Crippen molar-refractivity contribution in [1.82, 2.24) is 5.32 Å². The molecule has 0 aromatic heterocycles. The number of fused-ring (bicyclic) bond motifs is 1. The first-order valence-electron chi connectivity index (χ1n) is 8.93. The lowest BCUT2D eigenvalue weighted by molar-refractivity contribution is -0.116. The number of hydrogen-bond donors (Lipinski definition) is 2. The first-order chi connectivity index (χ1) is 12.0. The fourth-order valence-electron chi connectivity index (χ4n) is 3.91. The van der Waals surface area contributed by atoms with Gasteiger partial charge < -0.3 is 10.1 Å². The summed E-state index contributed by atoms with van der Waals surface area (Å²) in [5.41, 5.74) is 1.99. The van der Waals surface area contributed by atoms with Crippen molar-refractivity contribution < 1.29 is 9.53 Å². The average Bonchev–Trinajstić information content (AvgIpc) is 2.88. The van der Waals surface area contributed by atoms with E-state index in [4.69, 9.17) is 10.1 Å². The third-order valence-corrected chi connectivity index (χ3v) is 6.51. The Kier molecular flexibility index (Phi) is 5.23. The van der Waals surface area contributed by atoms with Crippen molar-refractivity contribution in [1.29, 1.82) is 5.41 Å². The number of ether oxygens (including phenoxy) is 1. The molecule has 2 N–H and O–H groups in total. The molecule has 4 nitrogen and oxygen atoms in total. The third kappa shape index (κ3) is 3.47. The van der Waals surface area contributed by atoms with Gasteiger partial charge in [-0.05, 0) is 31.3 Å². The van der Waals surface area contributed by atoms with Crippen molar-refractivity contribution in [3.63, 3.8) is 0 Å². The van der Waals surface area contributed by atoms with Gasteiger partial charge in [0.1, 0.15) is 5.60 Å². The number of carbonyl (C=O) groups excluding carboxylic acids is 1. The Bertz CT molecular complexity index is 679. The summed E-state index contributed by atoms with van der Waals surface area (Å²) in [7, 11) is 0. The van der Waals surface area contributed by atoms with E-state index in [0.29, 0.717) is 17.3 Å². The predicted octanol–water partition coefficient (Wildman–Crippen LogP) is 4.12. The molecule has 0 bridgehead atoms. The Balaban J connectivity index is 1.70. The van der Waals surface area contributed by atoms with Crippen molar-refractivity contribution in [2.45, 2.75) is 49.9 Å². The lowest BCUT2D eigenvalue weighted by Gasteiger charge is -2.32. The fraction of sp³-hybridized carbons (Fsp3) is 0.500. The molecule has 0 aromatic carbocycles. The second kappa shape index (κ2) is 7.24. The molecule has 2 fully saturated rings. The van der Waals surface area contributed by atoms with Gasteiger partial charge in [-0.15, -0.1) is 11.8 Å². The number of thioether (sulfide) groups is 1. The van der Waals surface area contributed by atoms with E-state index in [0.717, 1.165) is 37.7 Å². The zero-order valence-corrected chi connectivity index (χ0v) is 15.6. The summed E-state index contributed by atoms with van der Waals surface area (Å²) >= 11 is 1.51. The lowest BCUT2D eigenvalue weighted by atomic mass is 9.77. The van der Waals surface area contributed by atoms with Crippen LogP contribution >= 0.6 is 11.8 Å². The Hall–Kier alpha value is -1.75. The van der Waals surface area contributed by atoms with Crippen LogP contribution in [0.2, 0.25) is 0 Å². The van der Waals surface area contributed by atoms with Gasteiger partial charge in [0.15, 0.2) is 5.90 Å². The molecule has 25 heavy (non-hydrogen) atoms. The molecule has 2 saturated heterocycles. The van der Waals surface area contributed by atoms with E-state index in [1.165, 1.54) is 17.3 Å². The van der Waals surface area contributed by atoms with Gasteiger partial charge in [-0.25, -0.2) is 0 Å². The highest BCUT2D eigenvalue weighted by Crippen LogP contribution is 2.47. The number of carbonyl (C=O) groups is 1. The van der Waals surface area contributed by atoms with Crippen molar-refractivity contribution in [2.75, 3.05) is 6.54 Å². The quantitative estimate of drug-likeness (QED) is 0.555. The highest BCUT2D eigenvalue weighted by atomic mass is 32.2. The molecule has 2 heterocycles. The summed E-state index contributed by atoms with van der Waals surface area (Å²) in [6, 6.07) is 0. The molecule has 1 aliphatic carbocycles. The fourth-order valence-corrected chi connectivity index (χ4v) is 4.88. The van der Waals surface area contributed by atoms with Gasteiger partial charge in [-0.1, -0.05) is 50.3 Å². The van der Waals surface area contributed by atoms with Crippen LogP contribution in [0.15, 0.2) is 47.4 Å². The molecule has 5 heteroatoms. The number of amides is 1. The summed E-state index contributed by atoms with van der Waals surface area (Å²) in [6.07, 6.45) is 10.8. The molecular weight excluding hydrogens is 332 g/mol. The summed E-state index contributed by atoms with van der Waals surface area (Å²) < 4.78 is 6.15. The summed E-state index contributed by atoms with van der Waals surface area (Å²) in [4.78, 5) is 12.1. The van der Waals surface area contributed by atoms with E-state index in [1.54, 1.807) is 0 Å². The molecule has 3 unspecified atom stereocenters. The molecule has 0 spiro atoms. The average molecular weight is 359 g/mol. The molecule has 0 aromatic rings. The molecule has 3 aliphatic rings. The molecule has 0 saturated carbocycles. The first-order valence-corrected chi connectivity index (χ1v) is 9.81. The molecule has 3 rings (SSSR count). The standard InChI is InChI=1S/C20H26N2O2S/c1-4-10-20(16-8-6-5-7-15(16)18(21)24-20)11-9-13(2)17-12-22-19(23)14(3)25-17/h5-6,8,15,17,21H,2-4,7,9-12H2,1H3,(H,22,23). The topological polar surface area (TPSA) is 62.2 Å². The van der Waals surface area contributed by atoms with Gasteiger partial charge >= 0.3 is 0 Å². The Morgan fingerprint density at radius 2 is 2.32 bits per heavy atom. The van der Waals surface area contributed by atoms with Gasteiger partial charge in [-0.2, -0.15) is 0 Å². The third-order valence-electron chi connectivity index (χ3n) is 5.25. The largest absolute Gasteiger partial charge is 0.470 e. The minimum absolute atomic E-state index is 0.0777.